The topological polar surface area (TPSA) is 27.8 Å². The maximum absolute atomic E-state index is 3.32. The molecule has 0 radical (unpaired) electrons. The molecule has 0 aliphatic rings. The van der Waals surface area contributed by atoms with E-state index in [0.717, 1.165) is 19.5 Å². The lowest BCUT2D eigenvalue weighted by Crippen LogP contribution is -2.16. The van der Waals surface area contributed by atoms with Gasteiger partial charge in [-0.3, -0.25) is 0 Å². The van der Waals surface area contributed by atoms with Crippen molar-refractivity contribution >= 4 is 0 Å². The highest BCUT2D eigenvalue weighted by Gasteiger charge is 1.99. The average molecular weight is 166 g/mol. The summed E-state index contributed by atoms with van der Waals surface area (Å²) < 4.78 is 0. The van der Waals surface area contributed by atoms with Crippen molar-refractivity contribution in [2.75, 3.05) is 13.1 Å². The van der Waals surface area contributed by atoms with Crippen LogP contribution < -0.4 is 5.32 Å². The van der Waals surface area contributed by atoms with Gasteiger partial charge in [-0.05, 0) is 45.0 Å². The van der Waals surface area contributed by atoms with Crippen LogP contribution in [0.5, 0.6) is 0 Å². The first-order valence-corrected chi connectivity index (χ1v) is 4.60. The molecule has 2 heteroatoms. The summed E-state index contributed by atoms with van der Waals surface area (Å²) in [5, 5.41) is 3.32. The minimum Gasteiger partial charge on any atom is -0.362 e. The molecule has 0 bridgehead atoms. The van der Waals surface area contributed by atoms with Crippen molar-refractivity contribution in [2.24, 2.45) is 0 Å². The number of H-pyrrole nitrogens is 1. The molecule has 0 unspecified atom stereocenters. The summed E-state index contributed by atoms with van der Waals surface area (Å²) in [6.45, 7) is 8.50. The lowest BCUT2D eigenvalue weighted by Gasteiger charge is -2.00. The maximum Gasteiger partial charge on any atom is 0.0150 e. The fourth-order valence-corrected chi connectivity index (χ4v) is 1.44. The van der Waals surface area contributed by atoms with Crippen LogP contribution in [0.25, 0.3) is 0 Å². The van der Waals surface area contributed by atoms with Crippen molar-refractivity contribution in [3.63, 3.8) is 0 Å². The second kappa shape index (κ2) is 4.31. The molecule has 1 heterocycles. The van der Waals surface area contributed by atoms with Gasteiger partial charge in [0.15, 0.2) is 0 Å². The molecule has 1 aromatic heterocycles. The van der Waals surface area contributed by atoms with Gasteiger partial charge >= 0.3 is 0 Å². The lowest BCUT2D eigenvalue weighted by atomic mass is 10.2. The molecule has 2 N–H and O–H groups in total. The molecule has 0 fully saturated rings. The van der Waals surface area contributed by atoms with Gasteiger partial charge in [0.1, 0.15) is 0 Å². The van der Waals surface area contributed by atoms with Crippen LogP contribution in [0.3, 0.4) is 0 Å². The Labute approximate surface area is 74.4 Å². The number of aromatic nitrogens is 1. The van der Waals surface area contributed by atoms with Crippen molar-refractivity contribution in [3.05, 3.63) is 23.0 Å². The minimum absolute atomic E-state index is 1.06. The third kappa shape index (κ3) is 2.38. The van der Waals surface area contributed by atoms with E-state index in [1.54, 1.807) is 0 Å². The van der Waals surface area contributed by atoms with E-state index in [0.29, 0.717) is 0 Å². The van der Waals surface area contributed by atoms with E-state index in [2.05, 4.69) is 37.1 Å². The number of aryl methyl sites for hydroxylation is 2. The molecule has 0 spiro atoms. The first-order valence-electron chi connectivity index (χ1n) is 4.60. The smallest absolute Gasteiger partial charge is 0.0150 e. The Bertz CT molecular complexity index is 238. The van der Waals surface area contributed by atoms with Crippen LogP contribution >= 0.6 is 0 Å². The van der Waals surface area contributed by atoms with Crippen molar-refractivity contribution < 1.29 is 0 Å². The Balaban J connectivity index is 2.45. The number of rotatable bonds is 4. The molecule has 0 aromatic carbocycles. The maximum atomic E-state index is 3.32. The van der Waals surface area contributed by atoms with Gasteiger partial charge in [-0.1, -0.05) is 6.92 Å². The third-order valence-corrected chi connectivity index (χ3v) is 2.08. The van der Waals surface area contributed by atoms with Gasteiger partial charge in [0.2, 0.25) is 0 Å². The molecule has 0 saturated heterocycles. The normalized spacial score (nSPS) is 10.6. The van der Waals surface area contributed by atoms with Crippen molar-refractivity contribution in [1.82, 2.24) is 10.3 Å². The summed E-state index contributed by atoms with van der Waals surface area (Å²) in [6, 6.07) is 2.23. The summed E-state index contributed by atoms with van der Waals surface area (Å²) in [5.74, 6) is 0. The summed E-state index contributed by atoms with van der Waals surface area (Å²) in [6.07, 6.45) is 1.13. The van der Waals surface area contributed by atoms with Gasteiger partial charge < -0.3 is 10.3 Å². The quantitative estimate of drug-likeness (QED) is 0.656. The van der Waals surface area contributed by atoms with E-state index in [-0.39, 0.29) is 0 Å². The minimum atomic E-state index is 1.06. The fourth-order valence-electron chi connectivity index (χ4n) is 1.44. The Morgan fingerprint density at radius 1 is 1.42 bits per heavy atom. The second-order valence-corrected chi connectivity index (χ2v) is 3.21. The highest BCUT2D eigenvalue weighted by molar-refractivity contribution is 5.24. The van der Waals surface area contributed by atoms with Gasteiger partial charge in [0.25, 0.3) is 0 Å². The molecule has 0 saturated carbocycles. The number of likely N-dealkylation sites (N-methyl/N-ethyl adjacent to an activating group) is 1. The Morgan fingerprint density at radius 3 is 2.67 bits per heavy atom. The highest BCUT2D eigenvalue weighted by Crippen LogP contribution is 2.08. The SMILES string of the molecule is CCNCCc1cc(C)[nH]c1C. The van der Waals surface area contributed by atoms with E-state index in [9.17, 15) is 0 Å². The zero-order valence-electron chi connectivity index (χ0n) is 8.20. The van der Waals surface area contributed by atoms with Gasteiger partial charge in [-0.25, -0.2) is 0 Å². The van der Waals surface area contributed by atoms with Crippen LogP contribution in [-0.2, 0) is 6.42 Å². The van der Waals surface area contributed by atoms with E-state index in [4.69, 9.17) is 0 Å². The standard InChI is InChI=1S/C10H18N2/c1-4-11-6-5-10-7-8(2)12-9(10)3/h7,11-12H,4-6H2,1-3H3. The molecular weight excluding hydrogens is 148 g/mol. The van der Waals surface area contributed by atoms with Crippen LogP contribution in [0.4, 0.5) is 0 Å². The molecule has 0 atom stereocenters. The highest BCUT2D eigenvalue weighted by atomic mass is 14.8. The van der Waals surface area contributed by atoms with Crippen molar-refractivity contribution in [1.29, 1.82) is 0 Å². The fraction of sp³-hybridized carbons (Fsp3) is 0.600. The molecule has 1 rings (SSSR count). The number of hydrogen-bond acceptors (Lipinski definition) is 1. The first kappa shape index (κ1) is 9.33. The van der Waals surface area contributed by atoms with E-state index in [1.165, 1.54) is 17.0 Å². The number of nitrogens with one attached hydrogen (secondary N) is 2. The summed E-state index contributed by atoms with van der Waals surface area (Å²) in [4.78, 5) is 3.31. The largest absolute Gasteiger partial charge is 0.362 e. The summed E-state index contributed by atoms with van der Waals surface area (Å²) in [7, 11) is 0. The Kier molecular flexibility index (Phi) is 3.35. The Morgan fingerprint density at radius 2 is 2.17 bits per heavy atom. The molecule has 1 aromatic rings. The van der Waals surface area contributed by atoms with Crippen molar-refractivity contribution in [3.8, 4) is 0 Å². The molecule has 0 aliphatic heterocycles. The van der Waals surface area contributed by atoms with Crippen LogP contribution in [-0.4, -0.2) is 18.1 Å². The van der Waals surface area contributed by atoms with Gasteiger partial charge in [0.05, 0.1) is 0 Å². The van der Waals surface area contributed by atoms with Gasteiger partial charge in [-0.15, -0.1) is 0 Å². The third-order valence-electron chi connectivity index (χ3n) is 2.08. The molecule has 0 amide bonds. The average Bonchev–Trinajstić information content (AvgIpc) is 2.31. The van der Waals surface area contributed by atoms with E-state index >= 15 is 0 Å². The van der Waals surface area contributed by atoms with E-state index in [1.807, 2.05) is 0 Å². The van der Waals surface area contributed by atoms with Gasteiger partial charge in [-0.2, -0.15) is 0 Å². The van der Waals surface area contributed by atoms with Gasteiger partial charge in [0, 0.05) is 11.4 Å². The van der Waals surface area contributed by atoms with E-state index < -0.39 is 0 Å². The monoisotopic (exact) mass is 166 g/mol. The number of aromatic amines is 1. The predicted octanol–water partition coefficient (Wildman–Crippen LogP) is 1.78. The Hall–Kier alpha value is -0.760. The second-order valence-electron chi connectivity index (χ2n) is 3.21. The van der Waals surface area contributed by atoms with Crippen LogP contribution in [0.15, 0.2) is 6.07 Å². The summed E-state index contributed by atoms with van der Waals surface area (Å²) in [5.41, 5.74) is 4.01. The lowest BCUT2D eigenvalue weighted by molar-refractivity contribution is 0.715. The van der Waals surface area contributed by atoms with Crippen LogP contribution in [0.1, 0.15) is 23.9 Å². The van der Waals surface area contributed by atoms with Crippen LogP contribution in [0, 0.1) is 13.8 Å². The summed E-state index contributed by atoms with van der Waals surface area (Å²) >= 11 is 0. The molecule has 0 aliphatic carbocycles. The zero-order valence-corrected chi connectivity index (χ0v) is 8.20. The first-order chi connectivity index (χ1) is 5.74. The van der Waals surface area contributed by atoms with Crippen molar-refractivity contribution in [2.45, 2.75) is 27.2 Å². The van der Waals surface area contributed by atoms with Crippen LogP contribution in [0.2, 0.25) is 0 Å². The molecular formula is C10H18N2. The number of hydrogen-bond donors (Lipinski definition) is 2. The molecule has 12 heavy (non-hydrogen) atoms. The predicted molar refractivity (Wildman–Crippen MR) is 52.5 cm³/mol. The molecule has 68 valence electrons. The molecule has 2 nitrogen and oxygen atoms in total. The zero-order chi connectivity index (χ0) is 8.97.